The van der Waals surface area contributed by atoms with E-state index in [4.69, 9.17) is 5.73 Å². The van der Waals surface area contributed by atoms with Crippen LogP contribution >= 0.6 is 0 Å². The van der Waals surface area contributed by atoms with Crippen molar-refractivity contribution in [1.82, 2.24) is 4.98 Å². The Labute approximate surface area is 91.3 Å². The molecule has 1 aromatic rings. The second kappa shape index (κ2) is 3.72. The third-order valence-corrected chi connectivity index (χ3v) is 3.23. The fourth-order valence-corrected chi connectivity index (χ4v) is 2.00. The van der Waals surface area contributed by atoms with E-state index in [0.717, 1.165) is 24.6 Å². The molecule has 1 aromatic heterocycles. The highest BCUT2D eigenvalue weighted by atomic mass is 15.2. The van der Waals surface area contributed by atoms with Crippen LogP contribution in [-0.2, 0) is 0 Å². The van der Waals surface area contributed by atoms with Gasteiger partial charge in [0.2, 0.25) is 0 Å². The van der Waals surface area contributed by atoms with Crippen LogP contribution in [0.3, 0.4) is 0 Å². The predicted octanol–water partition coefficient (Wildman–Crippen LogP) is 2.29. The fraction of sp³-hybridized carbons (Fsp3) is 0.583. The number of nitrogens with zero attached hydrogens (tertiary/aromatic N) is 2. The normalized spacial score (nSPS) is 20.3. The van der Waals surface area contributed by atoms with Gasteiger partial charge in [0.05, 0.1) is 5.69 Å². The number of anilines is 2. The number of pyridine rings is 1. The van der Waals surface area contributed by atoms with Crippen molar-refractivity contribution in [2.75, 3.05) is 23.7 Å². The number of rotatable bonds is 1. The van der Waals surface area contributed by atoms with Crippen LogP contribution in [0.2, 0.25) is 0 Å². The molecule has 1 fully saturated rings. The van der Waals surface area contributed by atoms with Crippen LogP contribution in [0.25, 0.3) is 0 Å². The first-order valence-electron chi connectivity index (χ1n) is 5.54. The molecule has 1 saturated heterocycles. The molecule has 0 aromatic carbocycles. The predicted molar refractivity (Wildman–Crippen MR) is 63.9 cm³/mol. The summed E-state index contributed by atoms with van der Waals surface area (Å²) in [5.41, 5.74) is 7.18. The zero-order chi connectivity index (χ0) is 10.9. The monoisotopic (exact) mass is 205 g/mol. The maximum absolute atomic E-state index is 5.91. The maximum atomic E-state index is 5.91. The topological polar surface area (TPSA) is 42.2 Å². The van der Waals surface area contributed by atoms with E-state index < -0.39 is 0 Å². The lowest BCUT2D eigenvalue weighted by molar-refractivity contribution is 0.279. The molecule has 0 amide bonds. The molecule has 0 saturated carbocycles. The Morgan fingerprint density at radius 2 is 2.00 bits per heavy atom. The molecule has 0 atom stereocenters. The van der Waals surface area contributed by atoms with E-state index in [2.05, 4.69) is 23.7 Å². The van der Waals surface area contributed by atoms with Gasteiger partial charge >= 0.3 is 0 Å². The molecule has 2 rings (SSSR count). The lowest BCUT2D eigenvalue weighted by Gasteiger charge is -2.37. The first kappa shape index (κ1) is 10.3. The van der Waals surface area contributed by atoms with Crippen molar-refractivity contribution in [2.45, 2.75) is 26.7 Å². The largest absolute Gasteiger partial charge is 0.396 e. The molecule has 3 nitrogen and oxygen atoms in total. The summed E-state index contributed by atoms with van der Waals surface area (Å²) in [5, 5.41) is 0. The summed E-state index contributed by atoms with van der Waals surface area (Å²) in [6.07, 6.45) is 4.23. The number of nitrogen functional groups attached to an aromatic ring is 1. The average molecular weight is 205 g/mol. The molecule has 3 heteroatoms. The number of piperidine rings is 1. The van der Waals surface area contributed by atoms with E-state index in [1.807, 2.05) is 18.3 Å². The Bertz CT molecular complexity index is 336. The number of hydrogen-bond acceptors (Lipinski definition) is 3. The third kappa shape index (κ3) is 2.22. The summed E-state index contributed by atoms with van der Waals surface area (Å²) >= 11 is 0. The minimum atomic E-state index is 0.472. The Morgan fingerprint density at radius 1 is 1.33 bits per heavy atom. The average Bonchev–Trinajstić information content (AvgIpc) is 2.19. The van der Waals surface area contributed by atoms with E-state index in [1.165, 1.54) is 12.8 Å². The van der Waals surface area contributed by atoms with Gasteiger partial charge < -0.3 is 10.6 Å². The van der Waals surface area contributed by atoms with Gasteiger partial charge in [-0.2, -0.15) is 0 Å². The molecule has 0 unspecified atom stereocenters. The molecular weight excluding hydrogens is 186 g/mol. The molecule has 0 aliphatic carbocycles. The van der Waals surface area contributed by atoms with E-state index >= 15 is 0 Å². The molecule has 0 radical (unpaired) electrons. The van der Waals surface area contributed by atoms with Crippen LogP contribution in [-0.4, -0.2) is 18.1 Å². The second-order valence-corrected chi connectivity index (χ2v) is 5.07. The zero-order valence-electron chi connectivity index (χ0n) is 9.53. The van der Waals surface area contributed by atoms with E-state index in [9.17, 15) is 0 Å². The van der Waals surface area contributed by atoms with E-state index in [0.29, 0.717) is 5.41 Å². The van der Waals surface area contributed by atoms with Crippen molar-refractivity contribution in [3.63, 3.8) is 0 Å². The highest BCUT2D eigenvalue weighted by Crippen LogP contribution is 2.32. The maximum Gasteiger partial charge on any atom is 0.151 e. The van der Waals surface area contributed by atoms with Crippen LogP contribution in [0.1, 0.15) is 26.7 Å². The van der Waals surface area contributed by atoms with Crippen LogP contribution in [0.4, 0.5) is 11.5 Å². The summed E-state index contributed by atoms with van der Waals surface area (Å²) in [6, 6.07) is 3.80. The summed E-state index contributed by atoms with van der Waals surface area (Å²) in [6.45, 7) is 6.78. The lowest BCUT2D eigenvalue weighted by Crippen LogP contribution is -2.38. The van der Waals surface area contributed by atoms with Gasteiger partial charge in [-0.3, -0.25) is 0 Å². The Morgan fingerprint density at radius 3 is 2.60 bits per heavy atom. The Balaban J connectivity index is 2.11. The Hall–Kier alpha value is -1.25. The summed E-state index contributed by atoms with van der Waals surface area (Å²) in [7, 11) is 0. The fourth-order valence-electron chi connectivity index (χ4n) is 2.00. The van der Waals surface area contributed by atoms with Crippen LogP contribution in [0, 0.1) is 5.41 Å². The van der Waals surface area contributed by atoms with Crippen molar-refractivity contribution < 1.29 is 0 Å². The second-order valence-electron chi connectivity index (χ2n) is 5.07. The molecule has 82 valence electrons. The third-order valence-electron chi connectivity index (χ3n) is 3.23. The van der Waals surface area contributed by atoms with E-state index in [1.54, 1.807) is 0 Å². The lowest BCUT2D eigenvalue weighted by atomic mass is 9.83. The van der Waals surface area contributed by atoms with Gasteiger partial charge in [-0.1, -0.05) is 13.8 Å². The summed E-state index contributed by atoms with van der Waals surface area (Å²) in [5.74, 6) is 0.952. The number of hydrogen-bond donors (Lipinski definition) is 1. The molecule has 0 spiro atoms. The van der Waals surface area contributed by atoms with Crippen molar-refractivity contribution in [3.8, 4) is 0 Å². The Kier molecular flexibility index (Phi) is 2.55. The van der Waals surface area contributed by atoms with Gasteiger partial charge in [0.1, 0.15) is 0 Å². The van der Waals surface area contributed by atoms with Gasteiger partial charge in [0.15, 0.2) is 5.82 Å². The van der Waals surface area contributed by atoms with Gasteiger partial charge in [0, 0.05) is 19.3 Å². The van der Waals surface area contributed by atoms with Crippen molar-refractivity contribution in [1.29, 1.82) is 0 Å². The SMILES string of the molecule is CC1(C)CCN(c2ncccc2N)CC1. The minimum Gasteiger partial charge on any atom is -0.396 e. The van der Waals surface area contributed by atoms with Crippen LogP contribution in [0.15, 0.2) is 18.3 Å². The van der Waals surface area contributed by atoms with E-state index in [-0.39, 0.29) is 0 Å². The van der Waals surface area contributed by atoms with Crippen molar-refractivity contribution in [2.24, 2.45) is 5.41 Å². The van der Waals surface area contributed by atoms with Crippen molar-refractivity contribution in [3.05, 3.63) is 18.3 Å². The van der Waals surface area contributed by atoms with Crippen LogP contribution < -0.4 is 10.6 Å². The molecule has 1 aliphatic heterocycles. The number of aromatic nitrogens is 1. The van der Waals surface area contributed by atoms with Crippen LogP contribution in [0.5, 0.6) is 0 Å². The highest BCUT2D eigenvalue weighted by Gasteiger charge is 2.26. The molecular formula is C12H19N3. The number of nitrogens with two attached hydrogens (primary N) is 1. The smallest absolute Gasteiger partial charge is 0.151 e. The van der Waals surface area contributed by atoms with Gasteiger partial charge in [-0.15, -0.1) is 0 Å². The molecule has 15 heavy (non-hydrogen) atoms. The first-order chi connectivity index (χ1) is 7.08. The molecule has 2 N–H and O–H groups in total. The highest BCUT2D eigenvalue weighted by molar-refractivity contribution is 5.62. The standard InChI is InChI=1S/C12H19N3/c1-12(2)5-8-15(9-6-12)11-10(13)4-3-7-14-11/h3-4,7H,5-6,8-9,13H2,1-2H3. The minimum absolute atomic E-state index is 0.472. The van der Waals surface area contributed by atoms with Crippen molar-refractivity contribution >= 4 is 11.5 Å². The zero-order valence-corrected chi connectivity index (χ0v) is 9.53. The molecule has 2 heterocycles. The first-order valence-corrected chi connectivity index (χ1v) is 5.54. The van der Waals surface area contributed by atoms with Gasteiger partial charge in [-0.05, 0) is 30.4 Å². The molecule has 1 aliphatic rings. The molecule has 0 bridgehead atoms. The van der Waals surface area contributed by atoms with Gasteiger partial charge in [-0.25, -0.2) is 4.98 Å². The van der Waals surface area contributed by atoms with Gasteiger partial charge in [0.25, 0.3) is 0 Å². The summed E-state index contributed by atoms with van der Waals surface area (Å²) in [4.78, 5) is 6.64. The summed E-state index contributed by atoms with van der Waals surface area (Å²) < 4.78 is 0. The quantitative estimate of drug-likeness (QED) is 0.765.